The summed E-state index contributed by atoms with van der Waals surface area (Å²) in [6.45, 7) is 7.30. The fraction of sp³-hybridized carbons (Fsp3) is 0.400. The van der Waals surface area contributed by atoms with Crippen LogP contribution in [0.25, 0.3) is 5.65 Å². The van der Waals surface area contributed by atoms with Gasteiger partial charge >= 0.3 is 0 Å². The molecular weight excluding hydrogens is 340 g/mol. The highest BCUT2D eigenvalue weighted by molar-refractivity contribution is 5.77. The van der Waals surface area contributed by atoms with Crippen molar-refractivity contribution in [2.45, 2.75) is 26.7 Å². The number of carbonyl (C=O) groups is 1. The molecule has 1 aliphatic rings. The molecule has 1 amide bonds. The maximum absolute atomic E-state index is 12.7. The molecule has 1 fully saturated rings. The molecule has 1 aliphatic heterocycles. The molecule has 2 aromatic heterocycles. The molecule has 27 heavy (non-hydrogen) atoms. The summed E-state index contributed by atoms with van der Waals surface area (Å²) in [4.78, 5) is 17.0. The number of nitrogens with zero attached hydrogens (tertiary/aromatic N) is 6. The first kappa shape index (κ1) is 17.5. The van der Waals surface area contributed by atoms with Crippen molar-refractivity contribution in [1.29, 1.82) is 0 Å². The van der Waals surface area contributed by atoms with Crippen LogP contribution in [0.3, 0.4) is 0 Å². The fourth-order valence-corrected chi connectivity index (χ4v) is 3.79. The molecule has 0 aliphatic carbocycles. The van der Waals surface area contributed by atoms with Crippen molar-refractivity contribution in [3.8, 4) is 0 Å². The van der Waals surface area contributed by atoms with E-state index in [4.69, 9.17) is 0 Å². The molecule has 4 rings (SSSR count). The summed E-state index contributed by atoms with van der Waals surface area (Å²) in [5.41, 5.74) is 5.08. The Hall–Kier alpha value is -2.96. The van der Waals surface area contributed by atoms with Gasteiger partial charge in [-0.2, -0.15) is 5.10 Å². The third-order valence-electron chi connectivity index (χ3n) is 5.36. The Balaban J connectivity index is 1.37. The van der Waals surface area contributed by atoms with Crippen LogP contribution in [0.2, 0.25) is 0 Å². The van der Waals surface area contributed by atoms with E-state index in [0.29, 0.717) is 12.8 Å². The molecule has 1 saturated heterocycles. The van der Waals surface area contributed by atoms with Gasteiger partial charge in [0.05, 0.1) is 5.69 Å². The average molecular weight is 364 g/mol. The molecule has 0 spiro atoms. The van der Waals surface area contributed by atoms with E-state index >= 15 is 0 Å². The summed E-state index contributed by atoms with van der Waals surface area (Å²) in [6.07, 6.45) is 2.79. The molecule has 0 bridgehead atoms. The Morgan fingerprint density at radius 3 is 2.56 bits per heavy atom. The first-order chi connectivity index (χ1) is 13.1. The van der Waals surface area contributed by atoms with Gasteiger partial charge in [-0.3, -0.25) is 4.79 Å². The Bertz CT molecular complexity index is 944. The lowest BCUT2D eigenvalue weighted by Crippen LogP contribution is -2.48. The standard InChI is InChI=1S/C20H24N6O/c1-15-18(16(2)23-26-14-21-22-20(15)26)8-9-19(27)25-12-10-24(11-13-25)17-6-4-3-5-7-17/h3-7,14H,8-13H2,1-2H3. The monoisotopic (exact) mass is 364 g/mol. The van der Waals surface area contributed by atoms with Crippen molar-refractivity contribution in [1.82, 2.24) is 24.7 Å². The van der Waals surface area contributed by atoms with E-state index in [1.807, 2.05) is 24.8 Å². The zero-order valence-electron chi connectivity index (χ0n) is 15.8. The lowest BCUT2D eigenvalue weighted by molar-refractivity contribution is -0.131. The second-order valence-electron chi connectivity index (χ2n) is 6.99. The van der Waals surface area contributed by atoms with E-state index < -0.39 is 0 Å². The number of para-hydroxylation sites is 1. The van der Waals surface area contributed by atoms with Crippen LogP contribution in [0.15, 0.2) is 36.7 Å². The van der Waals surface area contributed by atoms with Gasteiger partial charge in [-0.05, 0) is 38.0 Å². The molecule has 0 radical (unpaired) electrons. The predicted octanol–water partition coefficient (Wildman–Crippen LogP) is 2.02. The van der Waals surface area contributed by atoms with Crippen molar-refractivity contribution >= 4 is 17.2 Å². The zero-order chi connectivity index (χ0) is 18.8. The number of aromatic nitrogens is 4. The van der Waals surface area contributed by atoms with Gasteiger partial charge in [-0.1, -0.05) is 18.2 Å². The van der Waals surface area contributed by atoms with Gasteiger partial charge in [0.1, 0.15) is 6.33 Å². The number of rotatable bonds is 4. The smallest absolute Gasteiger partial charge is 0.223 e. The van der Waals surface area contributed by atoms with Crippen LogP contribution < -0.4 is 4.90 Å². The highest BCUT2D eigenvalue weighted by Gasteiger charge is 2.22. The van der Waals surface area contributed by atoms with Gasteiger partial charge in [0.2, 0.25) is 5.91 Å². The third kappa shape index (κ3) is 3.49. The van der Waals surface area contributed by atoms with Crippen LogP contribution in [-0.2, 0) is 11.2 Å². The van der Waals surface area contributed by atoms with Crippen molar-refractivity contribution in [3.05, 3.63) is 53.5 Å². The Kier molecular flexibility index (Phi) is 4.75. The molecule has 7 heteroatoms. The maximum atomic E-state index is 12.7. The van der Waals surface area contributed by atoms with Gasteiger partial charge in [-0.25, -0.2) is 4.52 Å². The molecule has 7 nitrogen and oxygen atoms in total. The van der Waals surface area contributed by atoms with Gasteiger partial charge in [0.15, 0.2) is 5.65 Å². The summed E-state index contributed by atoms with van der Waals surface area (Å²) in [5, 5.41) is 12.5. The van der Waals surface area contributed by atoms with E-state index in [1.54, 1.807) is 10.8 Å². The minimum atomic E-state index is 0.211. The van der Waals surface area contributed by atoms with Gasteiger partial charge in [0.25, 0.3) is 0 Å². The van der Waals surface area contributed by atoms with Gasteiger partial charge in [-0.15, -0.1) is 10.2 Å². The Morgan fingerprint density at radius 2 is 1.81 bits per heavy atom. The van der Waals surface area contributed by atoms with E-state index in [1.165, 1.54) is 5.69 Å². The Morgan fingerprint density at radius 1 is 1.07 bits per heavy atom. The number of anilines is 1. The molecule has 1 aromatic carbocycles. The lowest BCUT2D eigenvalue weighted by Gasteiger charge is -2.36. The number of fused-ring (bicyclic) bond motifs is 1. The number of hydrogen-bond acceptors (Lipinski definition) is 5. The molecule has 0 unspecified atom stereocenters. The zero-order valence-corrected chi connectivity index (χ0v) is 15.8. The number of piperazine rings is 1. The van der Waals surface area contributed by atoms with E-state index in [9.17, 15) is 4.79 Å². The van der Waals surface area contributed by atoms with E-state index in [0.717, 1.165) is 48.6 Å². The SMILES string of the molecule is Cc1nn2cnnc2c(C)c1CCC(=O)N1CCN(c2ccccc2)CC1. The number of amides is 1. The average Bonchev–Trinajstić information content (AvgIpc) is 3.17. The predicted molar refractivity (Wildman–Crippen MR) is 104 cm³/mol. The molecular formula is C20H24N6O. The molecule has 3 heterocycles. The maximum Gasteiger partial charge on any atom is 0.223 e. The highest BCUT2D eigenvalue weighted by atomic mass is 16.2. The summed E-state index contributed by atoms with van der Waals surface area (Å²) >= 11 is 0. The third-order valence-corrected chi connectivity index (χ3v) is 5.36. The topological polar surface area (TPSA) is 66.6 Å². The summed E-state index contributed by atoms with van der Waals surface area (Å²) in [5.74, 6) is 0.211. The molecule has 140 valence electrons. The second-order valence-corrected chi connectivity index (χ2v) is 6.99. The van der Waals surface area contributed by atoms with Crippen LogP contribution in [0, 0.1) is 13.8 Å². The van der Waals surface area contributed by atoms with Crippen LogP contribution in [0.4, 0.5) is 5.69 Å². The molecule has 0 saturated carbocycles. The number of aryl methyl sites for hydroxylation is 2. The molecule has 3 aromatic rings. The van der Waals surface area contributed by atoms with Crippen LogP contribution in [-0.4, -0.2) is 56.8 Å². The molecule has 0 N–H and O–H groups in total. The number of carbonyl (C=O) groups excluding carboxylic acids is 1. The first-order valence-corrected chi connectivity index (χ1v) is 9.37. The highest BCUT2D eigenvalue weighted by Crippen LogP contribution is 2.19. The minimum absolute atomic E-state index is 0.211. The first-order valence-electron chi connectivity index (χ1n) is 9.37. The van der Waals surface area contributed by atoms with Crippen molar-refractivity contribution in [2.75, 3.05) is 31.1 Å². The largest absolute Gasteiger partial charge is 0.368 e. The quantitative estimate of drug-likeness (QED) is 0.709. The van der Waals surface area contributed by atoms with Crippen LogP contribution >= 0.6 is 0 Å². The minimum Gasteiger partial charge on any atom is -0.368 e. The second kappa shape index (κ2) is 7.34. The van der Waals surface area contributed by atoms with E-state index in [2.05, 4.69) is 44.5 Å². The lowest BCUT2D eigenvalue weighted by atomic mass is 10.0. The van der Waals surface area contributed by atoms with E-state index in [-0.39, 0.29) is 5.91 Å². The van der Waals surface area contributed by atoms with Crippen molar-refractivity contribution in [3.63, 3.8) is 0 Å². The Labute approximate surface area is 158 Å². The van der Waals surface area contributed by atoms with Crippen molar-refractivity contribution < 1.29 is 4.79 Å². The summed E-state index contributed by atoms with van der Waals surface area (Å²) < 4.78 is 1.69. The van der Waals surface area contributed by atoms with Crippen LogP contribution in [0.5, 0.6) is 0 Å². The normalized spacial score (nSPS) is 14.7. The number of hydrogen-bond donors (Lipinski definition) is 0. The summed E-state index contributed by atoms with van der Waals surface area (Å²) in [6, 6.07) is 10.4. The summed E-state index contributed by atoms with van der Waals surface area (Å²) in [7, 11) is 0. The van der Waals surface area contributed by atoms with Crippen molar-refractivity contribution in [2.24, 2.45) is 0 Å². The fourth-order valence-electron chi connectivity index (χ4n) is 3.79. The van der Waals surface area contributed by atoms with Gasteiger partial charge in [0, 0.05) is 43.9 Å². The van der Waals surface area contributed by atoms with Crippen LogP contribution in [0.1, 0.15) is 23.2 Å². The van der Waals surface area contributed by atoms with Gasteiger partial charge < -0.3 is 9.80 Å². The molecule has 0 atom stereocenters. The number of benzene rings is 1.